The average molecular weight is 270 g/mol. The van der Waals surface area contributed by atoms with E-state index in [2.05, 4.69) is 38.7 Å². The van der Waals surface area contributed by atoms with Gasteiger partial charge in [0.15, 0.2) is 0 Å². The molecule has 4 heteroatoms. The van der Waals surface area contributed by atoms with E-state index in [0.29, 0.717) is 18.6 Å². The zero-order valence-corrected chi connectivity index (χ0v) is 13.0. The molecular weight excluding hydrogens is 244 g/mol. The molecule has 1 rings (SSSR count). The van der Waals surface area contributed by atoms with Crippen molar-refractivity contribution in [2.75, 3.05) is 26.8 Å². The first-order valence-corrected chi connectivity index (χ1v) is 7.38. The molecule has 18 heavy (non-hydrogen) atoms. The van der Waals surface area contributed by atoms with Gasteiger partial charge in [-0.25, -0.2) is 0 Å². The summed E-state index contributed by atoms with van der Waals surface area (Å²) in [4.78, 5) is 5.17. The van der Waals surface area contributed by atoms with Gasteiger partial charge in [-0.15, -0.1) is 11.3 Å². The van der Waals surface area contributed by atoms with Gasteiger partial charge in [-0.1, -0.05) is 6.92 Å². The Morgan fingerprint density at radius 3 is 2.50 bits per heavy atom. The number of methoxy groups -OCH3 is 1. The van der Waals surface area contributed by atoms with Crippen molar-refractivity contribution in [3.05, 3.63) is 21.4 Å². The molecule has 2 atom stereocenters. The van der Waals surface area contributed by atoms with Crippen LogP contribution in [0.3, 0.4) is 0 Å². The van der Waals surface area contributed by atoms with Crippen LogP contribution < -0.4 is 5.73 Å². The van der Waals surface area contributed by atoms with Crippen LogP contribution in [0.25, 0.3) is 0 Å². The molecule has 0 aliphatic rings. The Bertz CT molecular complexity index is 365. The first-order valence-electron chi connectivity index (χ1n) is 6.56. The predicted octanol–water partition coefficient (Wildman–Crippen LogP) is 2.72. The minimum Gasteiger partial charge on any atom is -0.383 e. The van der Waals surface area contributed by atoms with E-state index in [1.54, 1.807) is 7.11 Å². The maximum absolute atomic E-state index is 6.02. The number of aryl methyl sites for hydroxylation is 2. The fourth-order valence-corrected chi connectivity index (χ4v) is 3.58. The van der Waals surface area contributed by atoms with Gasteiger partial charge in [0, 0.05) is 35.5 Å². The van der Waals surface area contributed by atoms with E-state index in [9.17, 15) is 0 Å². The highest BCUT2D eigenvalue weighted by Crippen LogP contribution is 2.30. The Hall–Kier alpha value is -0.420. The Morgan fingerprint density at radius 1 is 1.44 bits per heavy atom. The molecule has 3 nitrogen and oxygen atoms in total. The lowest BCUT2D eigenvalue weighted by atomic mass is 10.0. The SMILES string of the molecule is CCN(C(C)COC)C(CN)c1cc(C)sc1C. The molecule has 0 saturated heterocycles. The predicted molar refractivity (Wildman–Crippen MR) is 79.3 cm³/mol. The molecule has 1 heterocycles. The van der Waals surface area contributed by atoms with Crippen LogP contribution in [0, 0.1) is 13.8 Å². The van der Waals surface area contributed by atoms with E-state index in [1.165, 1.54) is 15.3 Å². The second kappa shape index (κ2) is 7.24. The standard InChI is InChI=1S/C14H26N2OS/c1-6-16(10(2)9-17-5)14(8-15)13-7-11(3)18-12(13)4/h7,10,14H,6,8-9,15H2,1-5H3. The van der Waals surface area contributed by atoms with Crippen LogP contribution in [0.5, 0.6) is 0 Å². The van der Waals surface area contributed by atoms with Gasteiger partial charge < -0.3 is 10.5 Å². The number of hydrogen-bond acceptors (Lipinski definition) is 4. The van der Waals surface area contributed by atoms with Gasteiger partial charge in [0.1, 0.15) is 0 Å². The van der Waals surface area contributed by atoms with Gasteiger partial charge in [-0.05, 0) is 38.9 Å². The van der Waals surface area contributed by atoms with Crippen LogP contribution in [0.1, 0.15) is 35.2 Å². The third-order valence-electron chi connectivity index (χ3n) is 3.40. The van der Waals surface area contributed by atoms with Crippen molar-refractivity contribution in [3.63, 3.8) is 0 Å². The van der Waals surface area contributed by atoms with Gasteiger partial charge >= 0.3 is 0 Å². The molecule has 0 fully saturated rings. The summed E-state index contributed by atoms with van der Waals surface area (Å²) in [7, 11) is 1.75. The quantitative estimate of drug-likeness (QED) is 0.828. The summed E-state index contributed by atoms with van der Waals surface area (Å²) in [5, 5.41) is 0. The fraction of sp³-hybridized carbons (Fsp3) is 0.714. The summed E-state index contributed by atoms with van der Waals surface area (Å²) in [5.74, 6) is 0. The summed E-state index contributed by atoms with van der Waals surface area (Å²) in [6.45, 7) is 11.1. The van der Waals surface area contributed by atoms with Gasteiger partial charge in [0.25, 0.3) is 0 Å². The molecule has 0 bridgehead atoms. The van der Waals surface area contributed by atoms with Gasteiger partial charge in [-0.2, -0.15) is 0 Å². The number of ether oxygens (including phenoxy) is 1. The summed E-state index contributed by atoms with van der Waals surface area (Å²) in [5.41, 5.74) is 7.39. The summed E-state index contributed by atoms with van der Waals surface area (Å²) in [6.07, 6.45) is 0. The van der Waals surface area contributed by atoms with E-state index in [4.69, 9.17) is 10.5 Å². The normalized spacial score (nSPS) is 15.1. The molecule has 0 aromatic carbocycles. The van der Waals surface area contributed by atoms with Crippen molar-refractivity contribution in [1.82, 2.24) is 4.90 Å². The zero-order valence-electron chi connectivity index (χ0n) is 12.2. The van der Waals surface area contributed by atoms with E-state index >= 15 is 0 Å². The first-order chi connectivity index (χ1) is 8.54. The van der Waals surface area contributed by atoms with Crippen molar-refractivity contribution in [2.24, 2.45) is 5.73 Å². The van der Waals surface area contributed by atoms with Gasteiger partial charge in [0.2, 0.25) is 0 Å². The maximum Gasteiger partial charge on any atom is 0.0615 e. The molecule has 0 radical (unpaired) electrons. The van der Waals surface area contributed by atoms with Gasteiger partial charge in [-0.3, -0.25) is 4.90 Å². The topological polar surface area (TPSA) is 38.5 Å². The van der Waals surface area contributed by atoms with Crippen LogP contribution in [0.4, 0.5) is 0 Å². The number of nitrogens with zero attached hydrogens (tertiary/aromatic N) is 1. The van der Waals surface area contributed by atoms with Crippen molar-refractivity contribution in [2.45, 2.75) is 39.8 Å². The van der Waals surface area contributed by atoms with E-state index in [-0.39, 0.29) is 0 Å². The number of likely N-dealkylation sites (N-methyl/N-ethyl adjacent to an activating group) is 1. The largest absolute Gasteiger partial charge is 0.383 e. The molecule has 0 aliphatic carbocycles. The molecule has 0 spiro atoms. The lowest BCUT2D eigenvalue weighted by molar-refractivity contribution is 0.0751. The van der Waals surface area contributed by atoms with Crippen molar-refractivity contribution in [1.29, 1.82) is 0 Å². The second-order valence-corrected chi connectivity index (χ2v) is 6.22. The fourth-order valence-electron chi connectivity index (χ4n) is 2.60. The van der Waals surface area contributed by atoms with E-state index in [1.807, 2.05) is 11.3 Å². The lowest BCUT2D eigenvalue weighted by Gasteiger charge is -2.35. The van der Waals surface area contributed by atoms with Crippen LogP contribution in [-0.4, -0.2) is 37.7 Å². The smallest absolute Gasteiger partial charge is 0.0615 e. The third kappa shape index (κ3) is 3.54. The molecule has 0 saturated carbocycles. The Kier molecular flexibility index (Phi) is 6.29. The molecule has 1 aromatic heterocycles. The molecule has 104 valence electrons. The molecule has 0 aliphatic heterocycles. The molecule has 1 aromatic rings. The Labute approximate surface area is 115 Å². The summed E-state index contributed by atoms with van der Waals surface area (Å²) in [6, 6.07) is 2.96. The van der Waals surface area contributed by atoms with Crippen LogP contribution in [-0.2, 0) is 4.74 Å². The van der Waals surface area contributed by atoms with Crippen molar-refractivity contribution < 1.29 is 4.74 Å². The van der Waals surface area contributed by atoms with E-state index in [0.717, 1.165) is 13.2 Å². The van der Waals surface area contributed by atoms with Crippen LogP contribution >= 0.6 is 11.3 Å². The van der Waals surface area contributed by atoms with E-state index < -0.39 is 0 Å². The minimum absolute atomic E-state index is 0.296. The highest BCUT2D eigenvalue weighted by atomic mass is 32.1. The summed E-state index contributed by atoms with van der Waals surface area (Å²) < 4.78 is 5.27. The maximum atomic E-state index is 6.02. The van der Waals surface area contributed by atoms with Crippen LogP contribution in [0.15, 0.2) is 6.07 Å². The van der Waals surface area contributed by atoms with Gasteiger partial charge in [0.05, 0.1) is 6.61 Å². The Balaban J connectivity index is 2.96. The average Bonchev–Trinajstić information content (AvgIpc) is 2.65. The third-order valence-corrected chi connectivity index (χ3v) is 4.38. The highest BCUT2D eigenvalue weighted by Gasteiger charge is 2.24. The van der Waals surface area contributed by atoms with Crippen LogP contribution in [0.2, 0.25) is 0 Å². The molecule has 2 N–H and O–H groups in total. The Morgan fingerprint density at radius 2 is 2.11 bits per heavy atom. The van der Waals surface area contributed by atoms with Crippen molar-refractivity contribution >= 4 is 11.3 Å². The highest BCUT2D eigenvalue weighted by molar-refractivity contribution is 7.12. The minimum atomic E-state index is 0.296. The number of nitrogens with two attached hydrogens (primary N) is 1. The number of thiophene rings is 1. The lowest BCUT2D eigenvalue weighted by Crippen LogP contribution is -2.42. The molecule has 0 amide bonds. The summed E-state index contributed by atoms with van der Waals surface area (Å²) >= 11 is 1.85. The zero-order chi connectivity index (χ0) is 13.7. The monoisotopic (exact) mass is 270 g/mol. The number of rotatable bonds is 7. The first kappa shape index (κ1) is 15.6. The second-order valence-electron chi connectivity index (χ2n) is 4.75. The van der Waals surface area contributed by atoms with Crippen molar-refractivity contribution in [3.8, 4) is 0 Å². The molecular formula is C14H26N2OS. The number of hydrogen-bond donors (Lipinski definition) is 1. The molecule has 2 unspecified atom stereocenters.